The van der Waals surface area contributed by atoms with E-state index in [1.54, 1.807) is 6.20 Å². The maximum absolute atomic E-state index is 5.65. The standard InChI is InChI=1S/C13H14ClNO/c1-9-3-4-10(2)11(7-9)12-8-15-13(16-12)5-6-14/h3-4,7-8H,5-6H2,1-2H3. The minimum atomic E-state index is 0.534. The number of halogens is 1. The highest BCUT2D eigenvalue weighted by atomic mass is 35.5. The van der Waals surface area contributed by atoms with Gasteiger partial charge in [0.25, 0.3) is 0 Å². The number of hydrogen-bond acceptors (Lipinski definition) is 2. The Morgan fingerprint density at radius 3 is 2.88 bits per heavy atom. The van der Waals surface area contributed by atoms with Crippen molar-refractivity contribution in [3.63, 3.8) is 0 Å². The minimum Gasteiger partial charge on any atom is -0.441 e. The van der Waals surface area contributed by atoms with Crippen molar-refractivity contribution in [3.05, 3.63) is 41.4 Å². The molecule has 0 radical (unpaired) electrons. The highest BCUT2D eigenvalue weighted by Gasteiger charge is 2.08. The third-order valence-corrected chi connectivity index (χ3v) is 2.71. The van der Waals surface area contributed by atoms with Crippen LogP contribution in [0.1, 0.15) is 17.0 Å². The second kappa shape index (κ2) is 4.71. The first-order valence-corrected chi connectivity index (χ1v) is 5.82. The van der Waals surface area contributed by atoms with E-state index < -0.39 is 0 Å². The van der Waals surface area contributed by atoms with E-state index in [2.05, 4.69) is 37.0 Å². The van der Waals surface area contributed by atoms with Crippen LogP contribution in [0.15, 0.2) is 28.8 Å². The molecule has 0 amide bonds. The highest BCUT2D eigenvalue weighted by Crippen LogP contribution is 2.25. The number of nitrogens with zero attached hydrogens (tertiary/aromatic N) is 1. The molecule has 0 saturated heterocycles. The molecule has 84 valence electrons. The molecule has 0 atom stereocenters. The molecular weight excluding hydrogens is 222 g/mol. The Hall–Kier alpha value is -1.28. The van der Waals surface area contributed by atoms with Gasteiger partial charge in [0.1, 0.15) is 0 Å². The summed E-state index contributed by atoms with van der Waals surface area (Å²) in [7, 11) is 0. The molecule has 1 aromatic carbocycles. The van der Waals surface area contributed by atoms with E-state index in [0.717, 1.165) is 11.3 Å². The molecule has 2 nitrogen and oxygen atoms in total. The summed E-state index contributed by atoms with van der Waals surface area (Å²) in [5.74, 6) is 2.06. The maximum Gasteiger partial charge on any atom is 0.196 e. The first-order valence-electron chi connectivity index (χ1n) is 5.29. The van der Waals surface area contributed by atoms with Gasteiger partial charge in [-0.05, 0) is 25.5 Å². The summed E-state index contributed by atoms with van der Waals surface area (Å²) in [6.07, 6.45) is 2.44. The molecule has 0 bridgehead atoms. The van der Waals surface area contributed by atoms with Crippen molar-refractivity contribution in [1.82, 2.24) is 4.98 Å². The van der Waals surface area contributed by atoms with Crippen LogP contribution in [0, 0.1) is 13.8 Å². The van der Waals surface area contributed by atoms with E-state index in [4.69, 9.17) is 16.0 Å². The lowest BCUT2D eigenvalue weighted by Gasteiger charge is -2.03. The number of aromatic nitrogens is 1. The number of aryl methyl sites for hydroxylation is 3. The Balaban J connectivity index is 2.38. The van der Waals surface area contributed by atoms with E-state index in [9.17, 15) is 0 Å². The molecular formula is C13H14ClNO. The predicted molar refractivity (Wildman–Crippen MR) is 65.8 cm³/mol. The van der Waals surface area contributed by atoms with Crippen LogP contribution >= 0.6 is 11.6 Å². The van der Waals surface area contributed by atoms with Gasteiger partial charge in [-0.25, -0.2) is 4.98 Å². The van der Waals surface area contributed by atoms with Crippen LogP contribution < -0.4 is 0 Å². The number of alkyl halides is 1. The molecule has 0 spiro atoms. The molecule has 2 aromatic rings. The Morgan fingerprint density at radius 1 is 1.31 bits per heavy atom. The van der Waals surface area contributed by atoms with Crippen LogP contribution in [0.25, 0.3) is 11.3 Å². The van der Waals surface area contributed by atoms with E-state index in [1.807, 2.05) is 0 Å². The quantitative estimate of drug-likeness (QED) is 0.758. The van der Waals surface area contributed by atoms with Gasteiger partial charge < -0.3 is 4.42 Å². The van der Waals surface area contributed by atoms with Gasteiger partial charge >= 0.3 is 0 Å². The Kier molecular flexibility index (Phi) is 3.30. The number of benzene rings is 1. The van der Waals surface area contributed by atoms with Crippen molar-refractivity contribution in [2.45, 2.75) is 20.3 Å². The summed E-state index contributed by atoms with van der Waals surface area (Å²) >= 11 is 5.65. The Bertz CT molecular complexity index is 490. The second-order valence-electron chi connectivity index (χ2n) is 3.88. The third-order valence-electron chi connectivity index (χ3n) is 2.52. The fraction of sp³-hybridized carbons (Fsp3) is 0.308. The molecule has 0 aliphatic carbocycles. The lowest BCUT2D eigenvalue weighted by atomic mass is 10.0. The molecule has 0 fully saturated rings. The molecule has 0 saturated carbocycles. The van der Waals surface area contributed by atoms with E-state index in [0.29, 0.717) is 18.2 Å². The van der Waals surface area contributed by atoms with Crippen LogP contribution in [0.2, 0.25) is 0 Å². The Morgan fingerprint density at radius 2 is 2.12 bits per heavy atom. The zero-order valence-corrected chi connectivity index (χ0v) is 10.2. The first kappa shape index (κ1) is 11.2. The molecule has 1 heterocycles. The molecule has 16 heavy (non-hydrogen) atoms. The number of oxazole rings is 1. The fourth-order valence-electron chi connectivity index (χ4n) is 1.63. The average Bonchev–Trinajstić information content (AvgIpc) is 2.71. The SMILES string of the molecule is Cc1ccc(C)c(-c2cnc(CCCl)o2)c1. The molecule has 0 unspecified atom stereocenters. The summed E-state index contributed by atoms with van der Waals surface area (Å²) in [6.45, 7) is 4.14. The topological polar surface area (TPSA) is 26.0 Å². The highest BCUT2D eigenvalue weighted by molar-refractivity contribution is 6.17. The molecule has 1 aromatic heterocycles. The van der Waals surface area contributed by atoms with Crippen LogP contribution in [-0.2, 0) is 6.42 Å². The van der Waals surface area contributed by atoms with Crippen molar-refractivity contribution in [1.29, 1.82) is 0 Å². The van der Waals surface area contributed by atoms with Gasteiger partial charge in [-0.15, -0.1) is 11.6 Å². The monoisotopic (exact) mass is 235 g/mol. The predicted octanol–water partition coefficient (Wildman–Crippen LogP) is 3.74. The average molecular weight is 236 g/mol. The smallest absolute Gasteiger partial charge is 0.196 e. The first-order chi connectivity index (χ1) is 7.70. The largest absolute Gasteiger partial charge is 0.441 e. The van der Waals surface area contributed by atoms with Crippen molar-refractivity contribution in [2.75, 3.05) is 5.88 Å². The van der Waals surface area contributed by atoms with E-state index in [1.165, 1.54) is 11.1 Å². The second-order valence-corrected chi connectivity index (χ2v) is 4.25. The Labute approximate surface area is 100 Å². The van der Waals surface area contributed by atoms with Crippen molar-refractivity contribution >= 4 is 11.6 Å². The van der Waals surface area contributed by atoms with Crippen molar-refractivity contribution in [3.8, 4) is 11.3 Å². The van der Waals surface area contributed by atoms with Crippen LogP contribution in [-0.4, -0.2) is 10.9 Å². The summed E-state index contributed by atoms with van der Waals surface area (Å²) in [5.41, 5.74) is 3.52. The number of hydrogen-bond donors (Lipinski definition) is 0. The molecule has 0 aliphatic rings. The fourth-order valence-corrected chi connectivity index (χ4v) is 1.79. The van der Waals surface area contributed by atoms with Gasteiger partial charge in [0.2, 0.25) is 0 Å². The molecule has 0 N–H and O–H groups in total. The summed E-state index contributed by atoms with van der Waals surface area (Å²) < 4.78 is 5.65. The van der Waals surface area contributed by atoms with Gasteiger partial charge in [0, 0.05) is 17.9 Å². The lowest BCUT2D eigenvalue weighted by Crippen LogP contribution is -1.84. The van der Waals surface area contributed by atoms with Gasteiger partial charge in [-0.2, -0.15) is 0 Å². The minimum absolute atomic E-state index is 0.534. The third kappa shape index (κ3) is 2.27. The molecule has 2 rings (SSSR count). The summed E-state index contributed by atoms with van der Waals surface area (Å²) in [5, 5.41) is 0. The van der Waals surface area contributed by atoms with Gasteiger partial charge in [-0.3, -0.25) is 0 Å². The van der Waals surface area contributed by atoms with Crippen LogP contribution in [0.5, 0.6) is 0 Å². The van der Waals surface area contributed by atoms with Crippen LogP contribution in [0.4, 0.5) is 0 Å². The summed E-state index contributed by atoms with van der Waals surface area (Å²) in [4.78, 5) is 4.20. The van der Waals surface area contributed by atoms with E-state index in [-0.39, 0.29) is 0 Å². The number of rotatable bonds is 3. The normalized spacial score (nSPS) is 10.7. The molecule has 3 heteroatoms. The summed E-state index contributed by atoms with van der Waals surface area (Å²) in [6, 6.07) is 6.30. The zero-order chi connectivity index (χ0) is 11.5. The van der Waals surface area contributed by atoms with Gasteiger partial charge in [-0.1, -0.05) is 17.7 Å². The zero-order valence-electron chi connectivity index (χ0n) is 9.46. The van der Waals surface area contributed by atoms with Gasteiger partial charge in [0.15, 0.2) is 11.7 Å². The van der Waals surface area contributed by atoms with Crippen LogP contribution in [0.3, 0.4) is 0 Å². The van der Waals surface area contributed by atoms with Crippen molar-refractivity contribution in [2.24, 2.45) is 0 Å². The maximum atomic E-state index is 5.65. The van der Waals surface area contributed by atoms with Crippen molar-refractivity contribution < 1.29 is 4.42 Å². The lowest BCUT2D eigenvalue weighted by molar-refractivity contribution is 0.514. The van der Waals surface area contributed by atoms with E-state index >= 15 is 0 Å². The molecule has 0 aliphatic heterocycles. The van der Waals surface area contributed by atoms with Gasteiger partial charge in [0.05, 0.1) is 6.20 Å².